The largest absolute Gasteiger partial charge is 0.357 e. The number of aliphatic imine (C=N–C) groups is 1. The van der Waals surface area contributed by atoms with E-state index >= 15 is 0 Å². The predicted molar refractivity (Wildman–Crippen MR) is 104 cm³/mol. The molecule has 0 aliphatic rings. The van der Waals surface area contributed by atoms with Gasteiger partial charge in [0.25, 0.3) is 0 Å². The Hall–Kier alpha value is -3.10. The highest BCUT2D eigenvalue weighted by atomic mass is 19.2. The van der Waals surface area contributed by atoms with Gasteiger partial charge in [0.1, 0.15) is 12.4 Å². The van der Waals surface area contributed by atoms with E-state index in [0.717, 1.165) is 23.3 Å². The summed E-state index contributed by atoms with van der Waals surface area (Å²) in [7, 11) is 0. The van der Waals surface area contributed by atoms with Crippen molar-refractivity contribution in [2.24, 2.45) is 4.99 Å². The first-order valence-corrected chi connectivity index (χ1v) is 9.02. The standard InChI is InChI=1S/C20H22F4N4O/c1-3-25-20(26-9-8-13-4-5-14(21)10-12(13)2)27-11-17(29)28-16-7-6-15(22)18(23)19(16)24/h4-7,10H,3,8-9,11H2,1-2H3,(H,28,29)(H2,25,26,27). The number of guanidine groups is 1. The fraction of sp³-hybridized carbons (Fsp3) is 0.300. The van der Waals surface area contributed by atoms with Crippen molar-refractivity contribution in [3.05, 3.63) is 64.7 Å². The second-order valence-corrected chi connectivity index (χ2v) is 6.21. The van der Waals surface area contributed by atoms with Gasteiger partial charge in [0, 0.05) is 13.1 Å². The molecule has 2 aromatic rings. The normalized spacial score (nSPS) is 11.3. The molecule has 0 saturated carbocycles. The average Bonchev–Trinajstić information content (AvgIpc) is 2.68. The molecule has 2 aromatic carbocycles. The van der Waals surface area contributed by atoms with Crippen molar-refractivity contribution in [1.29, 1.82) is 0 Å². The number of carbonyl (C=O) groups is 1. The molecule has 156 valence electrons. The highest BCUT2D eigenvalue weighted by molar-refractivity contribution is 5.94. The molecule has 2 rings (SSSR count). The van der Waals surface area contributed by atoms with Gasteiger partial charge < -0.3 is 16.0 Å². The lowest BCUT2D eigenvalue weighted by atomic mass is 10.1. The number of rotatable bonds is 7. The van der Waals surface area contributed by atoms with E-state index in [1.54, 1.807) is 6.07 Å². The first-order valence-electron chi connectivity index (χ1n) is 9.02. The third kappa shape index (κ3) is 6.48. The first kappa shape index (κ1) is 22.2. The maximum Gasteiger partial charge on any atom is 0.246 e. The van der Waals surface area contributed by atoms with Crippen LogP contribution in [-0.2, 0) is 11.2 Å². The first-order chi connectivity index (χ1) is 13.8. The van der Waals surface area contributed by atoms with Gasteiger partial charge in [0.05, 0.1) is 5.69 Å². The zero-order chi connectivity index (χ0) is 21.4. The van der Waals surface area contributed by atoms with Gasteiger partial charge in [-0.3, -0.25) is 4.79 Å². The summed E-state index contributed by atoms with van der Waals surface area (Å²) in [6.07, 6.45) is 0.614. The molecule has 0 saturated heterocycles. The Bertz CT molecular complexity index is 902. The second-order valence-electron chi connectivity index (χ2n) is 6.21. The highest BCUT2D eigenvalue weighted by Crippen LogP contribution is 2.19. The predicted octanol–water partition coefficient (Wildman–Crippen LogP) is 3.29. The summed E-state index contributed by atoms with van der Waals surface area (Å²) in [5.41, 5.74) is 1.34. The number of anilines is 1. The Morgan fingerprint density at radius 1 is 1.03 bits per heavy atom. The number of halogens is 4. The van der Waals surface area contributed by atoms with Crippen molar-refractivity contribution >= 4 is 17.6 Å². The van der Waals surface area contributed by atoms with Crippen LogP contribution in [-0.4, -0.2) is 31.5 Å². The fourth-order valence-electron chi connectivity index (χ4n) is 2.56. The van der Waals surface area contributed by atoms with Crippen LogP contribution in [0.5, 0.6) is 0 Å². The summed E-state index contributed by atoms with van der Waals surface area (Å²) in [6, 6.07) is 6.21. The van der Waals surface area contributed by atoms with Crippen molar-refractivity contribution in [1.82, 2.24) is 10.6 Å². The fourth-order valence-corrected chi connectivity index (χ4v) is 2.56. The van der Waals surface area contributed by atoms with E-state index in [1.165, 1.54) is 12.1 Å². The number of nitrogens with one attached hydrogen (secondary N) is 3. The van der Waals surface area contributed by atoms with Crippen LogP contribution < -0.4 is 16.0 Å². The third-order valence-electron chi connectivity index (χ3n) is 4.03. The third-order valence-corrected chi connectivity index (χ3v) is 4.03. The van der Waals surface area contributed by atoms with Gasteiger partial charge in [0.2, 0.25) is 5.91 Å². The highest BCUT2D eigenvalue weighted by Gasteiger charge is 2.15. The minimum Gasteiger partial charge on any atom is -0.357 e. The summed E-state index contributed by atoms with van der Waals surface area (Å²) in [4.78, 5) is 16.0. The number of hydrogen-bond acceptors (Lipinski definition) is 2. The molecule has 0 atom stereocenters. The molecule has 0 aliphatic carbocycles. The number of carbonyl (C=O) groups excluding carboxylic acids is 1. The van der Waals surface area contributed by atoms with E-state index in [-0.39, 0.29) is 12.4 Å². The monoisotopic (exact) mass is 410 g/mol. The molecule has 0 aromatic heterocycles. The summed E-state index contributed by atoms with van der Waals surface area (Å²) in [5.74, 6) is -5.10. The van der Waals surface area contributed by atoms with Crippen molar-refractivity contribution < 1.29 is 22.4 Å². The topological polar surface area (TPSA) is 65.5 Å². The summed E-state index contributed by atoms with van der Waals surface area (Å²) < 4.78 is 52.9. The van der Waals surface area contributed by atoms with Gasteiger partial charge in [-0.05, 0) is 55.7 Å². The summed E-state index contributed by atoms with van der Waals surface area (Å²) in [6.45, 7) is 4.33. The quantitative estimate of drug-likeness (QED) is 0.284. The molecule has 3 N–H and O–H groups in total. The van der Waals surface area contributed by atoms with E-state index in [9.17, 15) is 22.4 Å². The van der Waals surface area contributed by atoms with E-state index < -0.39 is 29.0 Å². The molecule has 0 bridgehead atoms. The molecule has 0 unspecified atom stereocenters. The number of amides is 1. The second kappa shape index (κ2) is 10.4. The van der Waals surface area contributed by atoms with E-state index in [2.05, 4.69) is 20.9 Å². The SMILES string of the molecule is CCNC(=NCC(=O)Nc1ccc(F)c(F)c1F)NCCc1ccc(F)cc1C. The Morgan fingerprint density at radius 2 is 1.79 bits per heavy atom. The summed E-state index contributed by atoms with van der Waals surface area (Å²) in [5, 5.41) is 8.15. The average molecular weight is 410 g/mol. The van der Waals surface area contributed by atoms with Crippen LogP contribution in [0.3, 0.4) is 0 Å². The van der Waals surface area contributed by atoms with Crippen LogP contribution in [0.2, 0.25) is 0 Å². The Labute approximate surface area is 166 Å². The van der Waals surface area contributed by atoms with Crippen LogP contribution in [0, 0.1) is 30.2 Å². The van der Waals surface area contributed by atoms with Gasteiger partial charge in [-0.2, -0.15) is 0 Å². The lowest BCUT2D eigenvalue weighted by molar-refractivity contribution is -0.114. The molecule has 0 fully saturated rings. The minimum atomic E-state index is -1.66. The number of aryl methyl sites for hydroxylation is 1. The number of nitrogens with zero attached hydrogens (tertiary/aromatic N) is 1. The van der Waals surface area contributed by atoms with E-state index in [1.807, 2.05) is 13.8 Å². The van der Waals surface area contributed by atoms with Crippen molar-refractivity contribution in [3.8, 4) is 0 Å². The van der Waals surface area contributed by atoms with Crippen molar-refractivity contribution in [2.75, 3.05) is 25.0 Å². The summed E-state index contributed by atoms with van der Waals surface area (Å²) >= 11 is 0. The molecule has 1 amide bonds. The molecule has 5 nitrogen and oxygen atoms in total. The number of benzene rings is 2. The van der Waals surface area contributed by atoms with E-state index in [0.29, 0.717) is 25.5 Å². The molecular formula is C20H22F4N4O. The maximum atomic E-state index is 13.6. The van der Waals surface area contributed by atoms with Crippen molar-refractivity contribution in [2.45, 2.75) is 20.3 Å². The van der Waals surface area contributed by atoms with Crippen LogP contribution in [0.25, 0.3) is 0 Å². The zero-order valence-corrected chi connectivity index (χ0v) is 16.1. The smallest absolute Gasteiger partial charge is 0.246 e. The lowest BCUT2D eigenvalue weighted by Gasteiger charge is -2.12. The molecule has 9 heteroatoms. The molecule has 0 heterocycles. The van der Waals surface area contributed by atoms with Gasteiger partial charge in [0.15, 0.2) is 23.4 Å². The zero-order valence-electron chi connectivity index (χ0n) is 16.1. The minimum absolute atomic E-state index is 0.294. The lowest BCUT2D eigenvalue weighted by Crippen LogP contribution is -2.39. The molecule has 0 spiro atoms. The van der Waals surface area contributed by atoms with Crippen molar-refractivity contribution in [3.63, 3.8) is 0 Å². The van der Waals surface area contributed by atoms with E-state index in [4.69, 9.17) is 0 Å². The van der Waals surface area contributed by atoms with Gasteiger partial charge in [-0.15, -0.1) is 0 Å². The van der Waals surface area contributed by atoms with Crippen LogP contribution in [0.1, 0.15) is 18.1 Å². The maximum absolute atomic E-state index is 13.6. The van der Waals surface area contributed by atoms with Gasteiger partial charge in [-0.25, -0.2) is 22.6 Å². The van der Waals surface area contributed by atoms with Crippen LogP contribution in [0.4, 0.5) is 23.2 Å². The number of hydrogen-bond donors (Lipinski definition) is 3. The van der Waals surface area contributed by atoms with Crippen LogP contribution >= 0.6 is 0 Å². The Balaban J connectivity index is 1.92. The molecule has 29 heavy (non-hydrogen) atoms. The molecule has 0 aliphatic heterocycles. The Morgan fingerprint density at radius 3 is 2.48 bits per heavy atom. The molecule has 0 radical (unpaired) electrons. The van der Waals surface area contributed by atoms with Crippen LogP contribution in [0.15, 0.2) is 35.3 Å². The van der Waals surface area contributed by atoms with Gasteiger partial charge in [-0.1, -0.05) is 6.07 Å². The Kier molecular flexibility index (Phi) is 7.99. The van der Waals surface area contributed by atoms with Gasteiger partial charge >= 0.3 is 0 Å². The molecular weight excluding hydrogens is 388 g/mol.